The van der Waals surface area contributed by atoms with E-state index in [-0.39, 0.29) is 34.4 Å². The van der Waals surface area contributed by atoms with Gasteiger partial charge in [0.05, 0.1) is 17.6 Å². The summed E-state index contributed by atoms with van der Waals surface area (Å²) in [6.45, 7) is 15.2. The summed E-state index contributed by atoms with van der Waals surface area (Å²) in [5, 5.41) is 33.1. The topological polar surface area (TPSA) is 94.8 Å². The molecule has 0 radical (unpaired) electrons. The fraction of sp³-hybridized carbons (Fsp3) is 0.867. The van der Waals surface area contributed by atoms with Crippen LogP contribution in [0.5, 0.6) is 0 Å². The molecule has 3 N–H and O–H groups in total. The Hall–Kier alpha value is -1.20. The van der Waals surface area contributed by atoms with Crippen LogP contribution in [0.4, 0.5) is 0 Å². The summed E-state index contributed by atoms with van der Waals surface area (Å²) in [7, 11) is 0. The lowest BCUT2D eigenvalue weighted by molar-refractivity contribution is -0.236. The molecule has 0 bridgehead atoms. The van der Waals surface area contributed by atoms with Crippen LogP contribution in [-0.4, -0.2) is 39.3 Å². The lowest BCUT2D eigenvalue weighted by Gasteiger charge is -2.71. The molecule has 9 atom stereocenters. The number of carbonyl (C=O) groups is 2. The monoisotopic (exact) mass is 486 g/mol. The van der Waals surface area contributed by atoms with Gasteiger partial charge in [0, 0.05) is 5.92 Å². The van der Waals surface area contributed by atoms with Gasteiger partial charge >= 0.3 is 5.97 Å². The Morgan fingerprint density at radius 1 is 0.914 bits per heavy atom. The van der Waals surface area contributed by atoms with Gasteiger partial charge in [-0.25, -0.2) is 0 Å². The third kappa shape index (κ3) is 3.00. The van der Waals surface area contributed by atoms with E-state index in [1.807, 2.05) is 19.9 Å². The average Bonchev–Trinajstić information content (AvgIpc) is 2.71. The van der Waals surface area contributed by atoms with Crippen LogP contribution < -0.4 is 0 Å². The van der Waals surface area contributed by atoms with Crippen molar-refractivity contribution in [1.82, 2.24) is 0 Å². The number of aliphatic hydroxyl groups is 2. The van der Waals surface area contributed by atoms with Crippen molar-refractivity contribution >= 4 is 11.8 Å². The second kappa shape index (κ2) is 7.22. The van der Waals surface area contributed by atoms with Gasteiger partial charge in [0.25, 0.3) is 0 Å². The molecule has 4 fully saturated rings. The van der Waals surface area contributed by atoms with Gasteiger partial charge in [-0.05, 0) is 96.4 Å². The van der Waals surface area contributed by atoms with Crippen LogP contribution in [0, 0.1) is 50.2 Å². The molecule has 5 nitrogen and oxygen atoms in total. The molecule has 0 aromatic rings. The first kappa shape index (κ1) is 25.4. The molecule has 0 heterocycles. The Morgan fingerprint density at radius 2 is 1.54 bits per heavy atom. The summed E-state index contributed by atoms with van der Waals surface area (Å²) < 4.78 is 0. The number of rotatable bonds is 1. The molecule has 0 aromatic carbocycles. The number of carboxylic acids is 1. The smallest absolute Gasteiger partial charge is 0.310 e. The molecule has 196 valence electrons. The Morgan fingerprint density at radius 3 is 2.17 bits per heavy atom. The highest BCUT2D eigenvalue weighted by Gasteiger charge is 2.72. The van der Waals surface area contributed by atoms with Crippen molar-refractivity contribution in [1.29, 1.82) is 0 Å². The Kier molecular flexibility index (Phi) is 5.25. The fourth-order valence-electron chi connectivity index (χ4n) is 10.6. The zero-order chi connectivity index (χ0) is 26.0. The number of allylic oxidation sites excluding steroid dienone is 2. The lowest BCUT2D eigenvalue weighted by Crippen LogP contribution is -2.70. The number of carbonyl (C=O) groups excluding carboxylic acids is 1. The summed E-state index contributed by atoms with van der Waals surface area (Å²) >= 11 is 0. The Balaban J connectivity index is 1.68. The largest absolute Gasteiger partial charge is 0.481 e. The minimum atomic E-state index is -0.791. The summed E-state index contributed by atoms with van der Waals surface area (Å²) in [5.41, 5.74) is -1.38. The van der Waals surface area contributed by atoms with E-state index in [1.165, 1.54) is 0 Å². The van der Waals surface area contributed by atoms with E-state index in [9.17, 15) is 24.9 Å². The third-order valence-corrected chi connectivity index (χ3v) is 12.7. The van der Waals surface area contributed by atoms with Crippen LogP contribution in [0.2, 0.25) is 0 Å². The lowest BCUT2D eigenvalue weighted by atomic mass is 9.33. The molecule has 4 saturated carbocycles. The van der Waals surface area contributed by atoms with Crippen molar-refractivity contribution in [2.45, 2.75) is 112 Å². The first-order valence-corrected chi connectivity index (χ1v) is 13.8. The van der Waals surface area contributed by atoms with Gasteiger partial charge in [-0.15, -0.1) is 0 Å². The molecular weight excluding hydrogens is 440 g/mol. The number of carboxylic acid groups (broad SMARTS) is 1. The number of aliphatic carboxylic acids is 1. The van der Waals surface area contributed by atoms with E-state index in [1.54, 1.807) is 0 Å². The highest BCUT2D eigenvalue weighted by Crippen LogP contribution is 2.75. The Labute approximate surface area is 210 Å². The van der Waals surface area contributed by atoms with Gasteiger partial charge in [-0.3, -0.25) is 9.59 Å². The minimum Gasteiger partial charge on any atom is -0.481 e. The molecule has 35 heavy (non-hydrogen) atoms. The molecule has 0 amide bonds. The third-order valence-electron chi connectivity index (χ3n) is 12.7. The van der Waals surface area contributed by atoms with E-state index in [0.717, 1.165) is 31.3 Å². The molecule has 5 aliphatic carbocycles. The van der Waals surface area contributed by atoms with Gasteiger partial charge in [-0.2, -0.15) is 0 Å². The quantitative estimate of drug-likeness (QED) is 0.462. The van der Waals surface area contributed by atoms with Crippen LogP contribution in [0.25, 0.3) is 0 Å². The van der Waals surface area contributed by atoms with Crippen molar-refractivity contribution in [2.75, 3.05) is 0 Å². The molecule has 0 spiro atoms. The van der Waals surface area contributed by atoms with Crippen molar-refractivity contribution in [3.05, 3.63) is 11.6 Å². The maximum atomic E-state index is 14.2. The van der Waals surface area contributed by atoms with Gasteiger partial charge in [0.1, 0.15) is 0 Å². The van der Waals surface area contributed by atoms with Gasteiger partial charge in [-0.1, -0.05) is 54.0 Å². The molecule has 5 heteroatoms. The zero-order valence-corrected chi connectivity index (χ0v) is 22.8. The van der Waals surface area contributed by atoms with Crippen molar-refractivity contribution < 1.29 is 24.9 Å². The van der Waals surface area contributed by atoms with Crippen molar-refractivity contribution in [2.24, 2.45) is 50.2 Å². The van der Waals surface area contributed by atoms with Gasteiger partial charge in [0.2, 0.25) is 0 Å². The van der Waals surface area contributed by atoms with E-state index in [4.69, 9.17) is 0 Å². The van der Waals surface area contributed by atoms with E-state index in [2.05, 4.69) is 34.6 Å². The predicted octanol–water partition coefficient (Wildman–Crippen LogP) is 5.38. The normalized spacial score (nSPS) is 52.3. The van der Waals surface area contributed by atoms with Crippen LogP contribution in [0.15, 0.2) is 11.6 Å². The SMILES string of the molecule is CC1(C)CC[C@]2(C(=O)O)CC[C@]3(C)C(=CC(=O)[C@@H]4[C@@]5(C)CC[C@H](O)C(C)(C)[C@@H]5[C@H](O)C[C@]43C)[C@@H]2C1. The van der Waals surface area contributed by atoms with Crippen molar-refractivity contribution in [3.63, 3.8) is 0 Å². The Bertz CT molecular complexity index is 995. The first-order valence-electron chi connectivity index (χ1n) is 13.8. The summed E-state index contributed by atoms with van der Waals surface area (Å²) in [6.07, 6.45) is 6.38. The highest BCUT2D eigenvalue weighted by molar-refractivity contribution is 5.96. The van der Waals surface area contributed by atoms with Crippen LogP contribution in [0.1, 0.15) is 99.8 Å². The molecule has 0 aliphatic heterocycles. The summed E-state index contributed by atoms with van der Waals surface area (Å²) in [5.74, 6) is -1.13. The van der Waals surface area contributed by atoms with E-state index in [0.29, 0.717) is 25.7 Å². The minimum absolute atomic E-state index is 0.0379. The predicted molar refractivity (Wildman–Crippen MR) is 134 cm³/mol. The molecule has 5 aliphatic rings. The zero-order valence-electron chi connectivity index (χ0n) is 22.8. The first-order chi connectivity index (χ1) is 16.0. The van der Waals surface area contributed by atoms with E-state index < -0.39 is 39.8 Å². The molecule has 0 saturated heterocycles. The van der Waals surface area contributed by atoms with Gasteiger partial charge < -0.3 is 15.3 Å². The second-order valence-electron chi connectivity index (χ2n) is 15.2. The van der Waals surface area contributed by atoms with E-state index >= 15 is 0 Å². The van der Waals surface area contributed by atoms with Crippen LogP contribution >= 0.6 is 0 Å². The number of ketones is 1. The second-order valence-corrected chi connectivity index (χ2v) is 15.2. The summed E-state index contributed by atoms with van der Waals surface area (Å²) in [6, 6.07) is 0. The van der Waals surface area contributed by atoms with Crippen LogP contribution in [0.3, 0.4) is 0 Å². The fourth-order valence-corrected chi connectivity index (χ4v) is 10.6. The molecular formula is C30H46O5. The van der Waals surface area contributed by atoms with Gasteiger partial charge in [0.15, 0.2) is 5.78 Å². The molecule has 0 unspecified atom stereocenters. The highest BCUT2D eigenvalue weighted by atomic mass is 16.4. The van der Waals surface area contributed by atoms with Crippen LogP contribution in [-0.2, 0) is 9.59 Å². The number of fused-ring (bicyclic) bond motifs is 7. The molecule has 0 aromatic heterocycles. The molecule has 5 rings (SSSR count). The standard InChI is InChI=1S/C30H46O5/c1-25(2)10-12-30(24(34)35)13-11-28(6)17(18(30)15-25)14-19(31)23-27(5)9-8-21(33)26(3,4)22(27)20(32)16-29(23,28)7/h14,18,20-23,32-33H,8-13,15-16H2,1-7H3,(H,34,35)/t18-,20+,21-,22-,23+,27-,28+,29+,30-/m0/s1. The number of aliphatic hydroxyl groups excluding tert-OH is 2. The maximum absolute atomic E-state index is 14.2. The summed E-state index contributed by atoms with van der Waals surface area (Å²) in [4.78, 5) is 27.0. The average molecular weight is 487 g/mol. The van der Waals surface area contributed by atoms with Crippen molar-refractivity contribution in [3.8, 4) is 0 Å². The number of hydrogen-bond acceptors (Lipinski definition) is 4. The maximum Gasteiger partial charge on any atom is 0.310 e. The number of hydrogen-bond donors (Lipinski definition) is 3.